The van der Waals surface area contributed by atoms with Gasteiger partial charge in [0.2, 0.25) is 5.95 Å². The number of aliphatic hydroxyl groups excluding tert-OH is 1. The molecule has 0 fully saturated rings. The molecule has 0 aliphatic heterocycles. The highest BCUT2D eigenvalue weighted by molar-refractivity contribution is 5.68. The van der Waals surface area contributed by atoms with Gasteiger partial charge in [-0.05, 0) is 38.0 Å². The molecule has 0 saturated carbocycles. The van der Waals surface area contributed by atoms with E-state index < -0.39 is 0 Å². The first-order valence-corrected chi connectivity index (χ1v) is 8.71. The van der Waals surface area contributed by atoms with E-state index in [-0.39, 0.29) is 12.6 Å². The van der Waals surface area contributed by atoms with Gasteiger partial charge < -0.3 is 15.7 Å². The average molecular weight is 348 g/mol. The predicted molar refractivity (Wildman–Crippen MR) is 107 cm³/mol. The quantitative estimate of drug-likeness (QED) is 0.620. The van der Waals surface area contributed by atoms with Crippen molar-refractivity contribution in [1.82, 2.24) is 9.97 Å². The number of aromatic nitrogens is 2. The predicted octanol–water partition coefficient (Wildman–Crippen LogP) is 4.30. The van der Waals surface area contributed by atoms with Crippen LogP contribution in [0.3, 0.4) is 0 Å². The van der Waals surface area contributed by atoms with Crippen molar-refractivity contribution in [3.8, 4) is 11.3 Å². The molecule has 2 aromatic carbocycles. The summed E-state index contributed by atoms with van der Waals surface area (Å²) in [5.41, 5.74) is 5.18. The van der Waals surface area contributed by atoms with Crippen molar-refractivity contribution in [2.24, 2.45) is 0 Å². The summed E-state index contributed by atoms with van der Waals surface area (Å²) in [5.74, 6) is 1.20. The van der Waals surface area contributed by atoms with Crippen LogP contribution in [-0.4, -0.2) is 27.7 Å². The third kappa shape index (κ3) is 4.37. The molecule has 1 aromatic heterocycles. The Morgan fingerprint density at radius 3 is 2.50 bits per heavy atom. The minimum atomic E-state index is -0.130. The molecule has 3 N–H and O–H groups in total. The lowest BCUT2D eigenvalue weighted by molar-refractivity contribution is 0.281. The van der Waals surface area contributed by atoms with Crippen LogP contribution in [0, 0.1) is 13.8 Å². The van der Waals surface area contributed by atoms with E-state index >= 15 is 0 Å². The fourth-order valence-electron chi connectivity index (χ4n) is 2.61. The number of anilines is 3. The molecule has 0 saturated heterocycles. The maximum absolute atomic E-state index is 9.32. The van der Waals surface area contributed by atoms with Crippen molar-refractivity contribution < 1.29 is 5.11 Å². The molecule has 0 radical (unpaired) electrons. The third-order valence-corrected chi connectivity index (χ3v) is 4.10. The van der Waals surface area contributed by atoms with E-state index in [1.165, 1.54) is 5.56 Å². The molecular formula is C21H24N4O. The van der Waals surface area contributed by atoms with Gasteiger partial charge in [0.25, 0.3) is 0 Å². The molecule has 0 unspecified atom stereocenters. The second kappa shape index (κ2) is 7.97. The highest BCUT2D eigenvalue weighted by atomic mass is 16.3. The first-order valence-electron chi connectivity index (χ1n) is 8.71. The van der Waals surface area contributed by atoms with Gasteiger partial charge in [-0.15, -0.1) is 0 Å². The summed E-state index contributed by atoms with van der Waals surface area (Å²) in [6.45, 7) is 6.03. The van der Waals surface area contributed by atoms with E-state index in [4.69, 9.17) is 0 Å². The monoisotopic (exact) mass is 348 g/mol. The molecule has 134 valence electrons. The Morgan fingerprint density at radius 1 is 1.00 bits per heavy atom. The van der Waals surface area contributed by atoms with Gasteiger partial charge in [0.1, 0.15) is 5.82 Å². The summed E-state index contributed by atoms with van der Waals surface area (Å²) in [6, 6.07) is 18.1. The summed E-state index contributed by atoms with van der Waals surface area (Å²) in [7, 11) is 0. The highest BCUT2D eigenvalue weighted by Crippen LogP contribution is 2.25. The van der Waals surface area contributed by atoms with Crippen molar-refractivity contribution in [3.05, 3.63) is 65.7 Å². The molecule has 1 atom stereocenters. The Morgan fingerprint density at radius 2 is 1.77 bits per heavy atom. The Kier molecular flexibility index (Phi) is 5.49. The molecule has 5 heteroatoms. The van der Waals surface area contributed by atoms with E-state index in [0.29, 0.717) is 11.8 Å². The van der Waals surface area contributed by atoms with Gasteiger partial charge in [-0.2, -0.15) is 4.98 Å². The molecule has 0 aliphatic rings. The van der Waals surface area contributed by atoms with E-state index in [1.807, 2.05) is 43.3 Å². The molecule has 26 heavy (non-hydrogen) atoms. The molecule has 3 aromatic rings. The van der Waals surface area contributed by atoms with Gasteiger partial charge in [0.05, 0.1) is 12.3 Å². The number of hydrogen-bond donors (Lipinski definition) is 3. The van der Waals surface area contributed by atoms with Crippen LogP contribution >= 0.6 is 0 Å². The van der Waals surface area contributed by atoms with Crippen LogP contribution in [-0.2, 0) is 0 Å². The van der Waals surface area contributed by atoms with Gasteiger partial charge >= 0.3 is 0 Å². The van der Waals surface area contributed by atoms with Crippen LogP contribution in [0.25, 0.3) is 11.3 Å². The van der Waals surface area contributed by atoms with Crippen LogP contribution in [0.5, 0.6) is 0 Å². The molecule has 0 bridgehead atoms. The summed E-state index contributed by atoms with van der Waals surface area (Å²) >= 11 is 0. The fourth-order valence-corrected chi connectivity index (χ4v) is 2.61. The molecule has 5 nitrogen and oxygen atoms in total. The Bertz CT molecular complexity index is 880. The highest BCUT2D eigenvalue weighted by Gasteiger charge is 2.10. The Balaban J connectivity index is 2.00. The summed E-state index contributed by atoms with van der Waals surface area (Å²) in [5, 5.41) is 15.9. The zero-order chi connectivity index (χ0) is 18.5. The molecule has 3 rings (SSSR count). The maximum atomic E-state index is 9.32. The second-order valence-electron chi connectivity index (χ2n) is 6.50. The smallest absolute Gasteiger partial charge is 0.225 e. The van der Waals surface area contributed by atoms with Crippen LogP contribution in [0.2, 0.25) is 0 Å². The molecule has 0 spiro atoms. The molecule has 0 aliphatic carbocycles. The normalized spacial score (nSPS) is 11.8. The van der Waals surface area contributed by atoms with Crippen LogP contribution in [0.4, 0.5) is 17.5 Å². The fraction of sp³-hybridized carbons (Fsp3) is 0.238. The van der Waals surface area contributed by atoms with E-state index in [9.17, 15) is 5.11 Å². The molecule has 0 amide bonds. The molecular weight excluding hydrogens is 324 g/mol. The third-order valence-electron chi connectivity index (χ3n) is 4.10. The minimum absolute atomic E-state index is 0.0126. The zero-order valence-electron chi connectivity index (χ0n) is 15.3. The second-order valence-corrected chi connectivity index (χ2v) is 6.50. The van der Waals surface area contributed by atoms with Gasteiger partial charge in [0, 0.05) is 23.4 Å². The van der Waals surface area contributed by atoms with E-state index in [1.54, 1.807) is 0 Å². The van der Waals surface area contributed by atoms with E-state index in [2.05, 4.69) is 52.6 Å². The van der Waals surface area contributed by atoms with Gasteiger partial charge in [-0.3, -0.25) is 0 Å². The summed E-state index contributed by atoms with van der Waals surface area (Å²) < 4.78 is 0. The van der Waals surface area contributed by atoms with Crippen LogP contribution < -0.4 is 10.6 Å². The number of aliphatic hydroxyl groups is 1. The average Bonchev–Trinajstić information content (AvgIpc) is 2.65. The number of hydrogen-bond acceptors (Lipinski definition) is 5. The van der Waals surface area contributed by atoms with E-state index in [0.717, 1.165) is 22.5 Å². The van der Waals surface area contributed by atoms with Gasteiger partial charge in [-0.1, -0.05) is 42.5 Å². The summed E-state index contributed by atoms with van der Waals surface area (Å²) in [4.78, 5) is 9.17. The van der Waals surface area contributed by atoms with Crippen molar-refractivity contribution in [1.29, 1.82) is 0 Å². The molecule has 1 heterocycles. The maximum Gasteiger partial charge on any atom is 0.225 e. The standard InChI is InChI=1S/C21H24N4O/c1-14-9-10-15(2)18(11-14)23-20-12-19(17-7-5-4-6-8-17)24-21(25-20)22-16(3)13-26/h4-12,16,26H,13H2,1-3H3,(H2,22,23,24,25)/t16-/m1/s1. The van der Waals surface area contributed by atoms with Crippen LogP contribution in [0.1, 0.15) is 18.1 Å². The Labute approximate surface area is 154 Å². The number of nitrogens with one attached hydrogen (secondary N) is 2. The lowest BCUT2D eigenvalue weighted by Gasteiger charge is -2.15. The topological polar surface area (TPSA) is 70.1 Å². The van der Waals surface area contributed by atoms with Crippen molar-refractivity contribution in [2.45, 2.75) is 26.8 Å². The van der Waals surface area contributed by atoms with Crippen LogP contribution in [0.15, 0.2) is 54.6 Å². The zero-order valence-corrected chi connectivity index (χ0v) is 15.3. The lowest BCUT2D eigenvalue weighted by atomic mass is 10.1. The van der Waals surface area contributed by atoms with Gasteiger partial charge in [0.15, 0.2) is 0 Å². The first-order chi connectivity index (χ1) is 12.5. The Hall–Kier alpha value is -2.92. The van der Waals surface area contributed by atoms with Crippen molar-refractivity contribution >= 4 is 17.5 Å². The summed E-state index contributed by atoms with van der Waals surface area (Å²) in [6.07, 6.45) is 0. The number of rotatable bonds is 6. The number of benzene rings is 2. The van der Waals surface area contributed by atoms with Crippen molar-refractivity contribution in [3.63, 3.8) is 0 Å². The lowest BCUT2D eigenvalue weighted by Crippen LogP contribution is -2.21. The van der Waals surface area contributed by atoms with Crippen molar-refractivity contribution in [2.75, 3.05) is 17.2 Å². The van der Waals surface area contributed by atoms with Gasteiger partial charge in [-0.25, -0.2) is 4.98 Å². The minimum Gasteiger partial charge on any atom is -0.394 e. The number of nitrogens with zero attached hydrogens (tertiary/aromatic N) is 2. The largest absolute Gasteiger partial charge is 0.394 e. The SMILES string of the molecule is Cc1ccc(C)c(Nc2cc(-c3ccccc3)nc(N[C@H](C)CO)n2)c1. The number of aryl methyl sites for hydroxylation is 2. The first kappa shape index (κ1) is 17.9.